The van der Waals surface area contributed by atoms with Crippen molar-refractivity contribution < 1.29 is 18.6 Å². The minimum absolute atomic E-state index is 0.155. The van der Waals surface area contributed by atoms with E-state index in [1.165, 1.54) is 7.11 Å². The molecule has 0 spiro atoms. The van der Waals surface area contributed by atoms with Crippen LogP contribution in [-0.2, 0) is 6.61 Å². The summed E-state index contributed by atoms with van der Waals surface area (Å²) in [7, 11) is 1.22. The topological polar surface area (TPSA) is 29.5 Å². The van der Waals surface area contributed by atoms with Gasteiger partial charge in [0.25, 0.3) is 0 Å². The van der Waals surface area contributed by atoms with Crippen LogP contribution in [0.5, 0.6) is 5.75 Å². The molecule has 66 valence electrons. The van der Waals surface area contributed by atoms with Gasteiger partial charge in [-0.05, 0) is 12.1 Å². The van der Waals surface area contributed by atoms with E-state index in [9.17, 15) is 8.78 Å². The highest BCUT2D eigenvalue weighted by molar-refractivity contribution is 5.35. The van der Waals surface area contributed by atoms with Crippen LogP contribution in [0, 0.1) is 11.6 Å². The van der Waals surface area contributed by atoms with Crippen molar-refractivity contribution in [2.45, 2.75) is 6.61 Å². The van der Waals surface area contributed by atoms with E-state index >= 15 is 0 Å². The molecule has 1 rings (SSSR count). The van der Waals surface area contributed by atoms with Crippen LogP contribution in [0.1, 0.15) is 5.56 Å². The molecule has 0 saturated heterocycles. The van der Waals surface area contributed by atoms with Gasteiger partial charge in [0.1, 0.15) is 5.82 Å². The molecule has 4 heteroatoms. The van der Waals surface area contributed by atoms with Gasteiger partial charge >= 0.3 is 0 Å². The van der Waals surface area contributed by atoms with Crippen LogP contribution in [0.15, 0.2) is 12.1 Å². The molecule has 0 aromatic heterocycles. The number of halogens is 2. The zero-order valence-electron chi connectivity index (χ0n) is 6.47. The van der Waals surface area contributed by atoms with Gasteiger partial charge in [-0.2, -0.15) is 0 Å². The van der Waals surface area contributed by atoms with Crippen LogP contribution in [0.4, 0.5) is 8.78 Å². The zero-order chi connectivity index (χ0) is 9.14. The van der Waals surface area contributed by atoms with Gasteiger partial charge in [0, 0.05) is 0 Å². The maximum Gasteiger partial charge on any atom is 0.165 e. The Hall–Kier alpha value is -1.16. The molecular formula is C8H8F2O2. The molecule has 1 N–H and O–H groups in total. The first-order chi connectivity index (χ1) is 5.70. The Kier molecular flexibility index (Phi) is 2.60. The first-order valence-electron chi connectivity index (χ1n) is 3.32. The van der Waals surface area contributed by atoms with E-state index in [4.69, 9.17) is 5.11 Å². The largest absolute Gasteiger partial charge is 0.493 e. The van der Waals surface area contributed by atoms with Gasteiger partial charge in [0.2, 0.25) is 0 Å². The second-order valence-corrected chi connectivity index (χ2v) is 2.20. The first kappa shape index (κ1) is 8.93. The van der Waals surface area contributed by atoms with Gasteiger partial charge in [-0.15, -0.1) is 0 Å². The lowest BCUT2D eigenvalue weighted by atomic mass is 10.2. The minimum atomic E-state index is -0.678. The van der Waals surface area contributed by atoms with Crippen LogP contribution in [0.2, 0.25) is 0 Å². The Balaban J connectivity index is 3.28. The van der Waals surface area contributed by atoms with E-state index in [1.54, 1.807) is 0 Å². The molecule has 0 aliphatic carbocycles. The third-order valence-corrected chi connectivity index (χ3v) is 1.52. The lowest BCUT2D eigenvalue weighted by molar-refractivity contribution is 0.263. The van der Waals surface area contributed by atoms with Crippen molar-refractivity contribution in [3.05, 3.63) is 29.3 Å². The number of rotatable bonds is 2. The number of benzene rings is 1. The number of hydrogen-bond acceptors (Lipinski definition) is 2. The van der Waals surface area contributed by atoms with Gasteiger partial charge < -0.3 is 9.84 Å². The van der Waals surface area contributed by atoms with Gasteiger partial charge in [-0.25, -0.2) is 8.78 Å². The summed E-state index contributed by atoms with van der Waals surface area (Å²) in [4.78, 5) is 0. The van der Waals surface area contributed by atoms with Crippen LogP contribution in [0.3, 0.4) is 0 Å². The maximum absolute atomic E-state index is 12.8. The molecular weight excluding hydrogens is 166 g/mol. The molecule has 0 radical (unpaired) electrons. The second-order valence-electron chi connectivity index (χ2n) is 2.20. The fraction of sp³-hybridized carbons (Fsp3) is 0.250. The summed E-state index contributed by atoms with van der Waals surface area (Å²) in [5, 5.41) is 8.67. The van der Waals surface area contributed by atoms with E-state index < -0.39 is 18.2 Å². The summed E-state index contributed by atoms with van der Waals surface area (Å²) in [6, 6.07) is 1.90. The molecule has 2 nitrogen and oxygen atoms in total. The van der Waals surface area contributed by atoms with Crippen LogP contribution in [-0.4, -0.2) is 12.2 Å². The summed E-state index contributed by atoms with van der Waals surface area (Å²) in [5.41, 5.74) is -0.155. The number of aliphatic hydroxyl groups excluding tert-OH is 1. The van der Waals surface area contributed by atoms with Crippen LogP contribution >= 0.6 is 0 Å². The van der Waals surface area contributed by atoms with Crippen molar-refractivity contribution in [1.29, 1.82) is 0 Å². The molecule has 1 aromatic carbocycles. The lowest BCUT2D eigenvalue weighted by Gasteiger charge is -2.07. The van der Waals surface area contributed by atoms with E-state index in [2.05, 4.69) is 4.74 Å². The normalized spacial score (nSPS) is 10.0. The highest BCUT2D eigenvalue weighted by atomic mass is 19.1. The number of ether oxygens (including phenoxy) is 1. The van der Waals surface area contributed by atoms with Crippen LogP contribution in [0.25, 0.3) is 0 Å². The third kappa shape index (κ3) is 1.38. The van der Waals surface area contributed by atoms with Crippen molar-refractivity contribution in [2.75, 3.05) is 7.11 Å². The average molecular weight is 174 g/mol. The fourth-order valence-electron chi connectivity index (χ4n) is 0.943. The van der Waals surface area contributed by atoms with E-state index in [0.717, 1.165) is 12.1 Å². The van der Waals surface area contributed by atoms with E-state index in [-0.39, 0.29) is 11.3 Å². The molecule has 0 aliphatic rings. The quantitative estimate of drug-likeness (QED) is 0.735. The van der Waals surface area contributed by atoms with Gasteiger partial charge in [0.15, 0.2) is 11.6 Å². The van der Waals surface area contributed by atoms with Crippen molar-refractivity contribution in [2.24, 2.45) is 0 Å². The highest BCUT2D eigenvalue weighted by Gasteiger charge is 2.12. The molecule has 0 amide bonds. The molecule has 12 heavy (non-hydrogen) atoms. The molecule has 1 aromatic rings. The van der Waals surface area contributed by atoms with Gasteiger partial charge in [-0.3, -0.25) is 0 Å². The van der Waals surface area contributed by atoms with Crippen molar-refractivity contribution in [1.82, 2.24) is 0 Å². The highest BCUT2D eigenvalue weighted by Crippen LogP contribution is 2.24. The van der Waals surface area contributed by atoms with Crippen molar-refractivity contribution >= 4 is 0 Å². The lowest BCUT2D eigenvalue weighted by Crippen LogP contribution is -1.98. The Morgan fingerprint density at radius 1 is 1.33 bits per heavy atom. The summed E-state index contributed by atoms with van der Waals surface area (Å²) in [5.74, 6) is -1.59. The Bertz CT molecular complexity index is 258. The van der Waals surface area contributed by atoms with Gasteiger partial charge in [-0.1, -0.05) is 0 Å². The fourth-order valence-corrected chi connectivity index (χ4v) is 0.943. The minimum Gasteiger partial charge on any atom is -0.493 e. The molecule has 0 saturated carbocycles. The molecule has 0 aliphatic heterocycles. The van der Waals surface area contributed by atoms with Crippen molar-refractivity contribution in [3.63, 3.8) is 0 Å². The average Bonchev–Trinajstić information content (AvgIpc) is 2.08. The molecule has 0 atom stereocenters. The Morgan fingerprint density at radius 2 is 1.92 bits per heavy atom. The van der Waals surface area contributed by atoms with Crippen LogP contribution < -0.4 is 4.74 Å². The monoisotopic (exact) mass is 174 g/mol. The molecule has 0 unspecified atom stereocenters. The van der Waals surface area contributed by atoms with E-state index in [1.807, 2.05) is 0 Å². The number of hydrogen-bond donors (Lipinski definition) is 1. The summed E-state index contributed by atoms with van der Waals surface area (Å²) >= 11 is 0. The number of methoxy groups -OCH3 is 1. The summed E-state index contributed by atoms with van der Waals surface area (Å²) < 4.78 is 30.2. The first-order valence-corrected chi connectivity index (χ1v) is 3.32. The smallest absolute Gasteiger partial charge is 0.165 e. The van der Waals surface area contributed by atoms with E-state index in [0.29, 0.717) is 0 Å². The zero-order valence-corrected chi connectivity index (χ0v) is 6.47. The second kappa shape index (κ2) is 3.49. The Morgan fingerprint density at radius 3 is 2.33 bits per heavy atom. The maximum atomic E-state index is 12.8. The molecule has 0 fully saturated rings. The molecule has 0 heterocycles. The standard InChI is InChI=1S/C8H8F2O2/c1-12-8-5(4-11)6(9)2-3-7(8)10/h2-3,11H,4H2,1H3. The molecule has 0 bridgehead atoms. The summed E-state index contributed by atoms with van der Waals surface area (Å²) in [6.07, 6.45) is 0. The van der Waals surface area contributed by atoms with Crippen molar-refractivity contribution in [3.8, 4) is 5.75 Å². The predicted octanol–water partition coefficient (Wildman–Crippen LogP) is 1.47. The third-order valence-electron chi connectivity index (χ3n) is 1.52. The number of aliphatic hydroxyl groups is 1. The van der Waals surface area contributed by atoms with Gasteiger partial charge in [0.05, 0.1) is 19.3 Å². The predicted molar refractivity (Wildman–Crippen MR) is 38.8 cm³/mol. The SMILES string of the molecule is COc1c(F)ccc(F)c1CO. The Labute approximate surface area is 68.4 Å². The summed E-state index contributed by atoms with van der Waals surface area (Å²) in [6.45, 7) is -0.577.